The number of benzene rings is 1. The van der Waals surface area contributed by atoms with Crippen LogP contribution in [0.2, 0.25) is 0 Å². The standard InChI is InChI=1S/C24H28N6O4S3/c1-15-14-34-10-8-30(15)21-13-19(18-12-20(18)37(32,33)24-26-7-11-36-24)28-22(29-21)16-2-4-17(5-3-16)27-23(35)25-6-9-31/h2-5,7,11,13,15,18,20,31H,6,8-10,12,14H2,1H3,(H2,25,27,35)/t15-,18?,20?/m0/s1. The van der Waals surface area contributed by atoms with Crippen LogP contribution in [0, 0.1) is 0 Å². The zero-order chi connectivity index (χ0) is 26.0. The van der Waals surface area contributed by atoms with Gasteiger partial charge in [0.1, 0.15) is 5.82 Å². The van der Waals surface area contributed by atoms with Crippen molar-refractivity contribution >= 4 is 50.0 Å². The molecule has 1 aliphatic heterocycles. The fourth-order valence-corrected chi connectivity index (χ4v) is 7.49. The Balaban J connectivity index is 1.44. The van der Waals surface area contributed by atoms with E-state index >= 15 is 0 Å². The number of nitrogens with zero attached hydrogens (tertiary/aromatic N) is 4. The van der Waals surface area contributed by atoms with Crippen molar-refractivity contribution in [1.82, 2.24) is 20.3 Å². The molecule has 37 heavy (non-hydrogen) atoms. The Kier molecular flexibility index (Phi) is 7.67. The van der Waals surface area contributed by atoms with Gasteiger partial charge in [0.05, 0.1) is 36.8 Å². The first-order chi connectivity index (χ1) is 17.9. The van der Waals surface area contributed by atoms with Crippen LogP contribution in [0.25, 0.3) is 11.4 Å². The number of hydrogen-bond donors (Lipinski definition) is 3. The SMILES string of the molecule is C[C@H]1COCCN1c1cc(C2CC2S(=O)(=O)c2nccs2)nc(-c2ccc(NC(=S)NCCO)cc2)n1. The van der Waals surface area contributed by atoms with E-state index in [1.807, 2.05) is 30.3 Å². The second-order valence-electron chi connectivity index (χ2n) is 9.00. The van der Waals surface area contributed by atoms with Gasteiger partial charge in [0.25, 0.3) is 0 Å². The number of aromatic nitrogens is 3. The monoisotopic (exact) mass is 560 g/mol. The lowest BCUT2D eigenvalue weighted by Crippen LogP contribution is -2.44. The number of sulfone groups is 1. The summed E-state index contributed by atoms with van der Waals surface area (Å²) in [6.45, 7) is 4.35. The first-order valence-electron chi connectivity index (χ1n) is 12.0. The number of thiazole rings is 1. The third kappa shape index (κ3) is 5.75. The van der Waals surface area contributed by atoms with Gasteiger partial charge in [-0.2, -0.15) is 0 Å². The van der Waals surface area contributed by atoms with Gasteiger partial charge in [-0.15, -0.1) is 11.3 Å². The molecule has 0 spiro atoms. The van der Waals surface area contributed by atoms with Crippen LogP contribution in [-0.2, 0) is 14.6 Å². The Hall–Kier alpha value is -2.71. The van der Waals surface area contributed by atoms with E-state index in [0.29, 0.717) is 43.7 Å². The van der Waals surface area contributed by atoms with E-state index in [4.69, 9.17) is 32.0 Å². The number of nitrogens with one attached hydrogen (secondary N) is 2. The molecular weight excluding hydrogens is 533 g/mol. The summed E-state index contributed by atoms with van der Waals surface area (Å²) in [4.78, 5) is 15.9. The summed E-state index contributed by atoms with van der Waals surface area (Å²) in [5.74, 6) is 1.10. The fraction of sp³-hybridized carbons (Fsp3) is 0.417. The number of aliphatic hydroxyl groups is 1. The average Bonchev–Trinajstić information content (AvgIpc) is 3.53. The normalized spacial score (nSPS) is 21.5. The molecule has 3 N–H and O–H groups in total. The molecule has 1 aliphatic carbocycles. The molecule has 3 atom stereocenters. The Morgan fingerprint density at radius 1 is 1.30 bits per heavy atom. The van der Waals surface area contributed by atoms with E-state index in [2.05, 4.69) is 27.4 Å². The second-order valence-corrected chi connectivity index (χ2v) is 12.6. The molecule has 1 saturated carbocycles. The van der Waals surface area contributed by atoms with E-state index in [9.17, 15) is 8.42 Å². The van der Waals surface area contributed by atoms with Crippen LogP contribution in [0.1, 0.15) is 25.0 Å². The Morgan fingerprint density at radius 2 is 2.11 bits per heavy atom. The molecule has 3 aromatic rings. The highest BCUT2D eigenvalue weighted by molar-refractivity contribution is 7.94. The largest absolute Gasteiger partial charge is 0.395 e. The maximum absolute atomic E-state index is 13.1. The molecule has 196 valence electrons. The zero-order valence-electron chi connectivity index (χ0n) is 20.2. The van der Waals surface area contributed by atoms with Gasteiger partial charge in [0.2, 0.25) is 14.2 Å². The van der Waals surface area contributed by atoms with Crippen LogP contribution < -0.4 is 15.5 Å². The van der Waals surface area contributed by atoms with Gasteiger partial charge in [-0.25, -0.2) is 23.4 Å². The molecule has 2 aliphatic rings. The first-order valence-corrected chi connectivity index (χ1v) is 14.8. The molecule has 13 heteroatoms. The maximum atomic E-state index is 13.1. The number of anilines is 2. The smallest absolute Gasteiger partial charge is 0.209 e. The molecule has 0 amide bonds. The molecule has 3 heterocycles. The predicted molar refractivity (Wildman–Crippen MR) is 147 cm³/mol. The summed E-state index contributed by atoms with van der Waals surface area (Å²) >= 11 is 6.37. The minimum Gasteiger partial charge on any atom is -0.395 e. The molecule has 2 aromatic heterocycles. The number of morpholine rings is 1. The van der Waals surface area contributed by atoms with Crippen molar-refractivity contribution < 1.29 is 18.3 Å². The maximum Gasteiger partial charge on any atom is 0.209 e. The summed E-state index contributed by atoms with van der Waals surface area (Å²) in [6.07, 6.45) is 2.03. The number of thiocarbonyl (C=S) groups is 1. The van der Waals surface area contributed by atoms with Crippen molar-refractivity contribution in [3.63, 3.8) is 0 Å². The highest BCUT2D eigenvalue weighted by atomic mass is 32.2. The highest BCUT2D eigenvalue weighted by Crippen LogP contribution is 2.48. The molecule has 10 nitrogen and oxygen atoms in total. The van der Waals surface area contributed by atoms with Crippen LogP contribution in [0.15, 0.2) is 46.2 Å². The third-order valence-electron chi connectivity index (χ3n) is 6.36. The van der Waals surface area contributed by atoms with Crippen molar-refractivity contribution in [1.29, 1.82) is 0 Å². The lowest BCUT2D eigenvalue weighted by Gasteiger charge is -2.34. The molecule has 0 bridgehead atoms. The van der Waals surface area contributed by atoms with Crippen LogP contribution in [0.3, 0.4) is 0 Å². The van der Waals surface area contributed by atoms with E-state index < -0.39 is 15.1 Å². The second kappa shape index (κ2) is 11.0. The topological polar surface area (TPSA) is 130 Å². The number of ether oxygens (including phenoxy) is 1. The van der Waals surface area contributed by atoms with E-state index in [-0.39, 0.29) is 22.9 Å². The van der Waals surface area contributed by atoms with Crippen LogP contribution >= 0.6 is 23.6 Å². The molecule has 5 rings (SSSR count). The molecule has 0 radical (unpaired) electrons. The minimum atomic E-state index is -3.50. The zero-order valence-corrected chi connectivity index (χ0v) is 22.7. The van der Waals surface area contributed by atoms with Crippen molar-refractivity contribution in [3.05, 3.63) is 47.6 Å². The van der Waals surface area contributed by atoms with Crippen molar-refractivity contribution in [2.45, 2.75) is 34.9 Å². The quantitative estimate of drug-likeness (QED) is 0.351. The minimum absolute atomic E-state index is 0.00841. The first kappa shape index (κ1) is 25.9. The Labute approximate surface area is 225 Å². The van der Waals surface area contributed by atoms with Crippen molar-refractivity contribution in [3.8, 4) is 11.4 Å². The van der Waals surface area contributed by atoms with Crippen molar-refractivity contribution in [2.75, 3.05) is 43.1 Å². The average molecular weight is 561 g/mol. The van der Waals surface area contributed by atoms with Gasteiger partial charge in [-0.05, 0) is 49.8 Å². The van der Waals surface area contributed by atoms with Crippen LogP contribution in [0.5, 0.6) is 0 Å². The Morgan fingerprint density at radius 3 is 2.81 bits per heavy atom. The van der Waals surface area contributed by atoms with E-state index in [1.54, 1.807) is 5.38 Å². The molecule has 1 aromatic carbocycles. The molecular formula is C24H28N6O4S3. The number of rotatable bonds is 8. The summed E-state index contributed by atoms with van der Waals surface area (Å²) in [7, 11) is -3.50. The summed E-state index contributed by atoms with van der Waals surface area (Å²) in [5, 5.41) is 16.5. The van der Waals surface area contributed by atoms with E-state index in [1.165, 1.54) is 6.20 Å². The summed E-state index contributed by atoms with van der Waals surface area (Å²) in [5.41, 5.74) is 2.32. The predicted octanol–water partition coefficient (Wildman–Crippen LogP) is 2.43. The summed E-state index contributed by atoms with van der Waals surface area (Å²) in [6, 6.07) is 9.62. The number of hydrogen-bond acceptors (Lipinski definition) is 10. The van der Waals surface area contributed by atoms with Gasteiger partial charge in [-0.3, -0.25) is 0 Å². The van der Waals surface area contributed by atoms with Crippen LogP contribution in [-0.4, -0.2) is 77.8 Å². The fourth-order valence-electron chi connectivity index (χ4n) is 4.34. The Bertz CT molecular complexity index is 1350. The lowest BCUT2D eigenvalue weighted by atomic mass is 10.1. The lowest BCUT2D eigenvalue weighted by molar-refractivity contribution is 0.0985. The van der Waals surface area contributed by atoms with Crippen LogP contribution in [0.4, 0.5) is 11.5 Å². The highest BCUT2D eigenvalue weighted by Gasteiger charge is 2.51. The summed E-state index contributed by atoms with van der Waals surface area (Å²) < 4.78 is 31.9. The molecule has 2 unspecified atom stereocenters. The van der Waals surface area contributed by atoms with Gasteiger partial charge in [0, 0.05) is 47.9 Å². The molecule has 1 saturated heterocycles. The van der Waals surface area contributed by atoms with Gasteiger partial charge >= 0.3 is 0 Å². The van der Waals surface area contributed by atoms with Gasteiger partial charge < -0.3 is 25.4 Å². The number of aliphatic hydroxyl groups excluding tert-OH is 1. The third-order valence-corrected chi connectivity index (χ3v) is 10.1. The van der Waals surface area contributed by atoms with Crippen molar-refractivity contribution in [2.24, 2.45) is 0 Å². The molecule has 2 fully saturated rings. The van der Waals surface area contributed by atoms with Gasteiger partial charge in [0.15, 0.2) is 10.9 Å². The van der Waals surface area contributed by atoms with Gasteiger partial charge in [-0.1, -0.05) is 0 Å². The van der Waals surface area contributed by atoms with E-state index in [0.717, 1.165) is 34.1 Å².